The number of nitrogens with one attached hydrogen (secondary N) is 1. The van der Waals surface area contributed by atoms with E-state index in [-0.39, 0.29) is 12.3 Å². The second kappa shape index (κ2) is 4.71. The predicted molar refractivity (Wildman–Crippen MR) is 44.7 cm³/mol. The van der Waals surface area contributed by atoms with Crippen molar-refractivity contribution in [1.29, 1.82) is 0 Å². The Hall–Kier alpha value is -0.0600. The third-order valence-electron chi connectivity index (χ3n) is 1.11. The third kappa shape index (κ3) is 2.68. The van der Waals surface area contributed by atoms with Crippen molar-refractivity contribution in [2.24, 2.45) is 0 Å². The van der Waals surface area contributed by atoms with Gasteiger partial charge in [0.1, 0.15) is 12.3 Å². The van der Waals surface area contributed by atoms with E-state index in [1.807, 2.05) is 11.4 Å². The van der Waals surface area contributed by atoms with Crippen LogP contribution in [0.4, 0.5) is 3.89 Å². The molecule has 0 saturated carbocycles. The van der Waals surface area contributed by atoms with Crippen molar-refractivity contribution in [3.63, 3.8) is 0 Å². The Labute approximate surface area is 68.1 Å². The van der Waals surface area contributed by atoms with Crippen LogP contribution in [0.3, 0.4) is 0 Å². The molecular formula is C6H8FNS2. The van der Waals surface area contributed by atoms with Gasteiger partial charge >= 0.3 is 0 Å². The van der Waals surface area contributed by atoms with Gasteiger partial charge in [-0.05, 0) is 17.9 Å². The Bertz CT molecular complexity index is 164. The van der Waals surface area contributed by atoms with Crippen LogP contribution in [-0.4, -0.2) is 6.54 Å². The normalized spacial score (nSPS) is 10.1. The first-order valence-electron chi connectivity index (χ1n) is 2.96. The van der Waals surface area contributed by atoms with Crippen molar-refractivity contribution in [1.82, 2.24) is 4.72 Å². The monoisotopic (exact) mass is 177 g/mol. The standard InChI is InChI=1S/C6H8FNS2/c7-10-8-4-3-6-2-1-5-9-6/h1-2,5,8H,3-4H2. The number of rotatable bonds is 4. The van der Waals surface area contributed by atoms with E-state index in [1.165, 1.54) is 4.88 Å². The Balaban J connectivity index is 2.15. The molecule has 1 aromatic heterocycles. The molecule has 1 heterocycles. The highest BCUT2D eigenvalue weighted by Gasteiger charge is 1.91. The fourth-order valence-corrected chi connectivity index (χ4v) is 1.56. The van der Waals surface area contributed by atoms with Gasteiger partial charge in [-0.25, -0.2) is 4.72 Å². The zero-order valence-corrected chi connectivity index (χ0v) is 6.97. The van der Waals surface area contributed by atoms with Crippen molar-refractivity contribution in [3.8, 4) is 0 Å². The van der Waals surface area contributed by atoms with Gasteiger partial charge in [-0.3, -0.25) is 0 Å². The van der Waals surface area contributed by atoms with Crippen LogP contribution in [0.2, 0.25) is 0 Å². The Kier molecular flexibility index (Phi) is 3.79. The van der Waals surface area contributed by atoms with Gasteiger partial charge in [0, 0.05) is 11.4 Å². The highest BCUT2D eigenvalue weighted by molar-refractivity contribution is 7.92. The highest BCUT2D eigenvalue weighted by Crippen LogP contribution is 2.08. The van der Waals surface area contributed by atoms with E-state index in [4.69, 9.17) is 0 Å². The van der Waals surface area contributed by atoms with Gasteiger partial charge in [0.25, 0.3) is 0 Å². The lowest BCUT2D eigenvalue weighted by atomic mass is 10.3. The molecule has 1 aromatic rings. The first-order valence-corrected chi connectivity index (χ1v) is 4.56. The molecule has 1 rings (SSSR count). The van der Waals surface area contributed by atoms with Gasteiger partial charge in [-0.1, -0.05) is 6.07 Å². The maximum atomic E-state index is 11.4. The molecule has 0 radical (unpaired) electrons. The van der Waals surface area contributed by atoms with Crippen molar-refractivity contribution >= 4 is 23.7 Å². The van der Waals surface area contributed by atoms with Crippen LogP contribution in [0.5, 0.6) is 0 Å². The second-order valence-electron chi connectivity index (χ2n) is 1.80. The summed E-state index contributed by atoms with van der Waals surface area (Å²) in [6.45, 7) is 0.696. The number of hydrogen-bond donors (Lipinski definition) is 1. The lowest BCUT2D eigenvalue weighted by Gasteiger charge is -1.93. The Morgan fingerprint density at radius 1 is 1.70 bits per heavy atom. The summed E-state index contributed by atoms with van der Waals surface area (Å²) in [5.41, 5.74) is 0. The Morgan fingerprint density at radius 2 is 2.60 bits per heavy atom. The van der Waals surface area contributed by atoms with Gasteiger partial charge in [0.2, 0.25) is 0 Å². The van der Waals surface area contributed by atoms with E-state index in [0.29, 0.717) is 6.54 Å². The van der Waals surface area contributed by atoms with Gasteiger partial charge in [-0.15, -0.1) is 15.2 Å². The summed E-state index contributed by atoms with van der Waals surface area (Å²) >= 11 is 1.88. The average molecular weight is 177 g/mol. The number of halogens is 1. The first kappa shape index (κ1) is 8.04. The summed E-state index contributed by atoms with van der Waals surface area (Å²) in [5, 5.41) is 2.03. The summed E-state index contributed by atoms with van der Waals surface area (Å²) in [4.78, 5) is 1.29. The molecule has 0 bridgehead atoms. The Morgan fingerprint density at radius 3 is 3.20 bits per heavy atom. The van der Waals surface area contributed by atoms with E-state index in [9.17, 15) is 3.89 Å². The molecule has 0 amide bonds. The summed E-state index contributed by atoms with van der Waals surface area (Å²) in [6, 6.07) is 4.05. The first-order chi connectivity index (χ1) is 4.93. The lowest BCUT2D eigenvalue weighted by molar-refractivity contribution is 0.858. The summed E-state index contributed by atoms with van der Waals surface area (Å²) < 4.78 is 14.0. The molecule has 1 N–H and O–H groups in total. The van der Waals surface area contributed by atoms with Crippen LogP contribution in [0.15, 0.2) is 17.5 Å². The van der Waals surface area contributed by atoms with Gasteiger partial charge in [0.05, 0.1) is 0 Å². The van der Waals surface area contributed by atoms with Crippen LogP contribution >= 0.6 is 23.7 Å². The highest BCUT2D eigenvalue weighted by atomic mass is 32.2. The summed E-state index contributed by atoms with van der Waals surface area (Å²) in [6.07, 6.45) is 0.911. The molecule has 4 heteroatoms. The maximum Gasteiger partial charge on any atom is 0.131 e. The van der Waals surface area contributed by atoms with Crippen LogP contribution in [0.25, 0.3) is 0 Å². The number of hydrogen-bond acceptors (Lipinski definition) is 3. The molecule has 0 aromatic carbocycles. The molecule has 0 atom stereocenters. The molecular weight excluding hydrogens is 169 g/mol. The molecule has 0 fully saturated rings. The minimum atomic E-state index is 0.178. The third-order valence-corrected chi connectivity index (χ3v) is 2.36. The zero-order chi connectivity index (χ0) is 7.23. The molecule has 56 valence electrons. The molecule has 0 aliphatic heterocycles. The fraction of sp³-hybridized carbons (Fsp3) is 0.333. The molecule has 0 aliphatic carbocycles. The van der Waals surface area contributed by atoms with Crippen LogP contribution in [-0.2, 0) is 6.42 Å². The largest absolute Gasteiger partial charge is 0.235 e. The minimum Gasteiger partial charge on any atom is -0.235 e. The molecule has 0 unspecified atom stereocenters. The topological polar surface area (TPSA) is 12.0 Å². The van der Waals surface area contributed by atoms with Crippen molar-refractivity contribution in [3.05, 3.63) is 22.4 Å². The number of thiophene rings is 1. The van der Waals surface area contributed by atoms with Crippen LogP contribution < -0.4 is 4.72 Å². The minimum absolute atomic E-state index is 0.178. The van der Waals surface area contributed by atoms with Crippen LogP contribution in [0, 0.1) is 0 Å². The van der Waals surface area contributed by atoms with Crippen molar-refractivity contribution in [2.45, 2.75) is 6.42 Å². The quantitative estimate of drug-likeness (QED) is 0.560. The molecule has 0 saturated heterocycles. The summed E-state index contributed by atoms with van der Waals surface area (Å²) in [5.74, 6) is 0. The van der Waals surface area contributed by atoms with E-state index < -0.39 is 0 Å². The molecule has 0 spiro atoms. The van der Waals surface area contributed by atoms with Crippen molar-refractivity contribution in [2.75, 3.05) is 6.54 Å². The van der Waals surface area contributed by atoms with E-state index in [2.05, 4.69) is 10.8 Å². The van der Waals surface area contributed by atoms with E-state index in [0.717, 1.165) is 6.42 Å². The predicted octanol–water partition coefficient (Wildman–Crippen LogP) is 2.41. The molecule has 0 aliphatic rings. The maximum absolute atomic E-state index is 11.4. The van der Waals surface area contributed by atoms with E-state index in [1.54, 1.807) is 11.3 Å². The van der Waals surface area contributed by atoms with Gasteiger partial charge in [-0.2, -0.15) is 0 Å². The SMILES string of the molecule is FSNCCc1cccs1. The van der Waals surface area contributed by atoms with Gasteiger partial charge in [0.15, 0.2) is 0 Å². The van der Waals surface area contributed by atoms with Crippen molar-refractivity contribution < 1.29 is 3.89 Å². The zero-order valence-electron chi connectivity index (χ0n) is 5.34. The lowest BCUT2D eigenvalue weighted by Crippen LogP contribution is -2.05. The second-order valence-corrected chi connectivity index (χ2v) is 3.28. The molecule has 1 nitrogen and oxygen atoms in total. The van der Waals surface area contributed by atoms with Gasteiger partial charge < -0.3 is 0 Å². The van der Waals surface area contributed by atoms with Crippen LogP contribution in [0.1, 0.15) is 4.88 Å². The molecule has 10 heavy (non-hydrogen) atoms. The average Bonchev–Trinajstić information content (AvgIpc) is 2.41. The summed E-state index contributed by atoms with van der Waals surface area (Å²) in [7, 11) is 0. The van der Waals surface area contributed by atoms with E-state index >= 15 is 0 Å². The fourth-order valence-electron chi connectivity index (χ4n) is 0.668. The smallest absolute Gasteiger partial charge is 0.131 e.